The van der Waals surface area contributed by atoms with Crippen molar-refractivity contribution in [3.8, 4) is 22.8 Å². The van der Waals surface area contributed by atoms with E-state index in [-0.39, 0.29) is 53.6 Å². The van der Waals surface area contributed by atoms with Crippen molar-refractivity contribution in [3.05, 3.63) is 107 Å². The lowest BCUT2D eigenvalue weighted by molar-refractivity contribution is -0.150. The summed E-state index contributed by atoms with van der Waals surface area (Å²) in [6, 6.07) is 17.0. The first-order valence-corrected chi connectivity index (χ1v) is 23.6. The van der Waals surface area contributed by atoms with Crippen LogP contribution in [0.3, 0.4) is 0 Å². The highest BCUT2D eigenvalue weighted by Crippen LogP contribution is 2.54. The monoisotopic (exact) mass is 850 g/mol. The molecule has 62 heavy (non-hydrogen) atoms. The molecule has 1 aromatic heterocycles. The van der Waals surface area contributed by atoms with Gasteiger partial charge in [-0.1, -0.05) is 87.6 Å². The maximum absolute atomic E-state index is 13.1. The summed E-state index contributed by atoms with van der Waals surface area (Å²) in [5.41, 5.74) is 10.2. The Kier molecular flexibility index (Phi) is 15.3. The van der Waals surface area contributed by atoms with Crippen LogP contribution >= 0.6 is 0 Å². The zero-order chi connectivity index (χ0) is 43.8. The standard InChI is InChI=1S/C52H71N3O7/c1-2-3-5-10-34-15-16-37(47(58)28-34)13-8-9-14-38-17-18-40(44-19-20-45(55-44)41-30-39(56)31-48(59)42(41)26-33-11-6-4-7-12-33)43-27-36(25-35-22-24-54-49(53)29-35)32-52(43,62)23-21-46(57)50(38)51(60)61/h4,6-7,11-12,15-16,19-20,22,29-31,34,36-38,40,43,46-47,50,54-59,62H,2-3,5,8-10,13-14,17-18,21,23-28,32,53H2,1H3,(H,60,61). The van der Waals surface area contributed by atoms with E-state index >= 15 is 0 Å². The fraction of sp³-hybridized carbons (Fsp3) is 0.558. The summed E-state index contributed by atoms with van der Waals surface area (Å²) < 4.78 is 0. The molecule has 10 nitrogen and oxygen atoms in total. The molecule has 2 heterocycles. The minimum absolute atomic E-state index is 0.00958. The Morgan fingerprint density at radius 1 is 0.903 bits per heavy atom. The number of aliphatic hydroxyl groups excluding tert-OH is 2. The molecule has 0 saturated heterocycles. The van der Waals surface area contributed by atoms with Crippen LogP contribution in [-0.4, -0.2) is 65.9 Å². The van der Waals surface area contributed by atoms with E-state index in [2.05, 4.69) is 41.5 Å². The molecule has 2 saturated carbocycles. The average molecular weight is 850 g/mol. The molecule has 7 rings (SSSR count). The highest BCUT2D eigenvalue weighted by Gasteiger charge is 2.51. The molecule has 336 valence electrons. The van der Waals surface area contributed by atoms with Crippen LogP contribution in [-0.2, 0) is 11.2 Å². The van der Waals surface area contributed by atoms with Crippen LogP contribution in [0.5, 0.6) is 11.5 Å². The van der Waals surface area contributed by atoms with Crippen LogP contribution in [0.4, 0.5) is 0 Å². The van der Waals surface area contributed by atoms with Crippen molar-refractivity contribution in [3.63, 3.8) is 0 Å². The molecule has 0 bridgehead atoms. The normalized spacial score (nSPS) is 30.2. The van der Waals surface area contributed by atoms with E-state index in [4.69, 9.17) is 5.73 Å². The Labute approximate surface area is 368 Å². The number of nitrogens with one attached hydrogen (secondary N) is 2. The van der Waals surface area contributed by atoms with Gasteiger partial charge in [-0.05, 0) is 130 Å². The first-order chi connectivity index (χ1) is 29.9. The molecular formula is C52H71N3O7. The van der Waals surface area contributed by atoms with Crippen LogP contribution in [0.25, 0.3) is 11.3 Å². The number of carboxylic acid groups (broad SMARTS) is 1. The zero-order valence-corrected chi connectivity index (χ0v) is 36.6. The second-order valence-electron chi connectivity index (χ2n) is 19.3. The van der Waals surface area contributed by atoms with E-state index in [9.17, 15) is 35.4 Å². The number of dihydropyridines is 1. The number of H-pyrrole nitrogens is 1. The maximum atomic E-state index is 13.1. The van der Waals surface area contributed by atoms with Gasteiger partial charge in [-0.3, -0.25) is 4.79 Å². The van der Waals surface area contributed by atoms with Gasteiger partial charge in [0.1, 0.15) is 11.5 Å². The molecule has 10 N–H and O–H groups in total. The molecule has 3 aliphatic carbocycles. The second kappa shape index (κ2) is 20.8. The van der Waals surface area contributed by atoms with Crippen LogP contribution in [0.2, 0.25) is 0 Å². The van der Waals surface area contributed by atoms with Crippen molar-refractivity contribution in [1.29, 1.82) is 0 Å². The van der Waals surface area contributed by atoms with Gasteiger partial charge in [0.05, 0.1) is 29.5 Å². The van der Waals surface area contributed by atoms with Crippen LogP contribution in [0.15, 0.2) is 90.3 Å². The number of hydrogen-bond acceptors (Lipinski definition) is 8. The number of carbonyl (C=O) groups is 1. The van der Waals surface area contributed by atoms with E-state index < -0.39 is 23.6 Å². The molecule has 3 aromatic rings. The molecule has 2 fully saturated rings. The summed E-state index contributed by atoms with van der Waals surface area (Å²) in [7, 11) is 0. The van der Waals surface area contributed by atoms with Gasteiger partial charge >= 0.3 is 5.97 Å². The molecule has 4 aliphatic rings. The van der Waals surface area contributed by atoms with Crippen LogP contribution in [0.1, 0.15) is 132 Å². The molecule has 1 aliphatic heterocycles. The largest absolute Gasteiger partial charge is 0.508 e. The Balaban J connectivity index is 1.15. The number of aliphatic carboxylic acids is 1. The summed E-state index contributed by atoms with van der Waals surface area (Å²) in [6.45, 7) is 2.87. The number of aliphatic hydroxyl groups is 3. The van der Waals surface area contributed by atoms with Crippen molar-refractivity contribution in [2.24, 2.45) is 41.2 Å². The van der Waals surface area contributed by atoms with Gasteiger partial charge < -0.3 is 46.7 Å². The SMILES string of the molecule is CCCCCC1C=CC(CCCCC2CCC(c3ccc(-c4cc(O)cc(O)c4Cc4ccccc4)[nH]3)C3CC(CC4=CCNC(N)=C4)CC3(O)CCC(O)C2C(=O)O)C(O)C1. The number of nitrogens with two attached hydrogens (primary N) is 1. The van der Waals surface area contributed by atoms with Crippen molar-refractivity contribution >= 4 is 5.97 Å². The van der Waals surface area contributed by atoms with Crippen LogP contribution in [0, 0.1) is 35.5 Å². The lowest BCUT2D eigenvalue weighted by Crippen LogP contribution is -2.42. The van der Waals surface area contributed by atoms with E-state index in [1.807, 2.05) is 42.5 Å². The summed E-state index contributed by atoms with van der Waals surface area (Å²) in [5.74, 6) is -1.23. The third-order valence-electron chi connectivity index (χ3n) is 14.9. The van der Waals surface area contributed by atoms with Gasteiger partial charge in [-0.2, -0.15) is 0 Å². The van der Waals surface area contributed by atoms with Crippen molar-refractivity contribution in [1.82, 2.24) is 10.3 Å². The zero-order valence-electron chi connectivity index (χ0n) is 36.6. The van der Waals surface area contributed by atoms with Gasteiger partial charge in [0, 0.05) is 53.4 Å². The number of hydrogen-bond donors (Lipinski definition) is 9. The smallest absolute Gasteiger partial charge is 0.309 e. The minimum Gasteiger partial charge on any atom is -0.508 e. The quantitative estimate of drug-likeness (QED) is 0.0499. The molecule has 10 heteroatoms. The van der Waals surface area contributed by atoms with Crippen LogP contribution < -0.4 is 11.1 Å². The summed E-state index contributed by atoms with van der Waals surface area (Å²) in [6.07, 6.45) is 20.1. The minimum atomic E-state index is -1.13. The summed E-state index contributed by atoms with van der Waals surface area (Å²) >= 11 is 0. The van der Waals surface area contributed by atoms with Crippen molar-refractivity contribution < 1.29 is 35.4 Å². The third-order valence-corrected chi connectivity index (χ3v) is 14.9. The fourth-order valence-electron chi connectivity index (χ4n) is 11.7. The van der Waals surface area contributed by atoms with Gasteiger partial charge in [-0.15, -0.1) is 0 Å². The molecular weight excluding hydrogens is 779 g/mol. The van der Waals surface area contributed by atoms with E-state index in [0.717, 1.165) is 67.5 Å². The highest BCUT2D eigenvalue weighted by atomic mass is 16.4. The molecule has 0 spiro atoms. The van der Waals surface area contributed by atoms with Gasteiger partial charge in [0.2, 0.25) is 0 Å². The number of aromatic nitrogens is 1. The number of fused-ring (bicyclic) bond motifs is 1. The molecule has 10 atom stereocenters. The summed E-state index contributed by atoms with van der Waals surface area (Å²) in [5, 5.41) is 71.2. The molecule has 0 amide bonds. The number of carboxylic acids is 1. The Morgan fingerprint density at radius 2 is 1.69 bits per heavy atom. The van der Waals surface area contributed by atoms with Crippen molar-refractivity contribution in [2.75, 3.05) is 6.54 Å². The van der Waals surface area contributed by atoms with E-state index in [0.29, 0.717) is 67.9 Å². The van der Waals surface area contributed by atoms with Gasteiger partial charge in [-0.25, -0.2) is 0 Å². The molecule has 10 unspecified atom stereocenters. The third kappa shape index (κ3) is 11.2. The predicted octanol–water partition coefficient (Wildman–Crippen LogP) is 9.19. The lowest BCUT2D eigenvalue weighted by Gasteiger charge is -2.39. The molecule has 0 radical (unpaired) electrons. The van der Waals surface area contributed by atoms with Crippen molar-refractivity contribution in [2.45, 2.75) is 140 Å². The number of aromatic amines is 1. The Bertz CT molecular complexity index is 2040. The number of allylic oxidation sites excluding steroid dienone is 3. The Hall–Kier alpha value is -4.51. The highest BCUT2D eigenvalue weighted by molar-refractivity contribution is 5.71. The van der Waals surface area contributed by atoms with Gasteiger partial charge in [0.15, 0.2) is 0 Å². The van der Waals surface area contributed by atoms with E-state index in [1.165, 1.54) is 25.3 Å². The number of rotatable bonds is 16. The number of aromatic hydroxyl groups is 2. The number of phenols is 2. The molecule has 2 aromatic carbocycles. The first-order valence-electron chi connectivity index (χ1n) is 23.6. The number of benzene rings is 2. The Morgan fingerprint density at radius 3 is 2.45 bits per heavy atom. The number of unbranched alkanes of at least 4 members (excludes halogenated alkanes) is 3. The fourth-order valence-corrected chi connectivity index (χ4v) is 11.7. The summed E-state index contributed by atoms with van der Waals surface area (Å²) in [4.78, 5) is 16.8. The lowest BCUT2D eigenvalue weighted by atomic mass is 9.69. The maximum Gasteiger partial charge on any atom is 0.309 e. The van der Waals surface area contributed by atoms with Gasteiger partial charge in [0.25, 0.3) is 0 Å². The topological polar surface area (TPSA) is 192 Å². The van der Waals surface area contributed by atoms with E-state index in [1.54, 1.807) is 6.07 Å². The predicted molar refractivity (Wildman–Crippen MR) is 244 cm³/mol. The second-order valence-corrected chi connectivity index (χ2v) is 19.3. The average Bonchev–Trinajstić information content (AvgIpc) is 3.85. The first kappa shape index (κ1) is 45.5. The number of phenolic OH excluding ortho intramolecular Hbond substituents is 2.